The molecule has 34 heavy (non-hydrogen) atoms. The number of carbonyl (C=O) groups excluding carboxylic acids is 1. The lowest BCUT2D eigenvalue weighted by Crippen LogP contribution is -2.56. The van der Waals surface area contributed by atoms with Crippen LogP contribution in [0.2, 0.25) is 0 Å². The summed E-state index contributed by atoms with van der Waals surface area (Å²) in [6.07, 6.45) is 8.15. The van der Waals surface area contributed by atoms with E-state index in [0.717, 1.165) is 18.6 Å². The van der Waals surface area contributed by atoms with Crippen molar-refractivity contribution >= 4 is 23.4 Å². The summed E-state index contributed by atoms with van der Waals surface area (Å²) in [5, 5.41) is 14.3. The van der Waals surface area contributed by atoms with E-state index < -0.39 is 11.6 Å². The van der Waals surface area contributed by atoms with Crippen LogP contribution in [0.5, 0.6) is 0 Å². The van der Waals surface area contributed by atoms with E-state index in [1.165, 1.54) is 12.1 Å². The van der Waals surface area contributed by atoms with Crippen LogP contribution in [0.1, 0.15) is 30.0 Å². The van der Waals surface area contributed by atoms with E-state index >= 15 is 0 Å². The quantitative estimate of drug-likeness (QED) is 0.470. The number of likely N-dealkylation sites (N-methyl/N-ethyl adjacent to an activating group) is 1. The van der Waals surface area contributed by atoms with Crippen molar-refractivity contribution in [1.29, 1.82) is 0 Å². The first-order chi connectivity index (χ1) is 16.3. The number of halogens is 2. The first-order valence-corrected chi connectivity index (χ1v) is 11.4. The van der Waals surface area contributed by atoms with E-state index in [-0.39, 0.29) is 16.6 Å². The van der Waals surface area contributed by atoms with Gasteiger partial charge in [0.1, 0.15) is 30.5 Å². The second kappa shape index (κ2) is 8.77. The zero-order valence-electron chi connectivity index (χ0n) is 18.9. The molecule has 1 aromatic carbocycles. The van der Waals surface area contributed by atoms with Crippen molar-refractivity contribution in [2.45, 2.75) is 18.9 Å². The Morgan fingerprint density at radius 1 is 1.21 bits per heavy atom. The SMILES string of the molecule is C[N+]1(O)CCN(C(=O)/C=C/c2cnn3ccc(N4CCC[C@@H]4c4cc(F)ccc4F)nc23)CC1. The molecule has 8 nitrogen and oxygen atoms in total. The van der Waals surface area contributed by atoms with Crippen LogP contribution in [0.3, 0.4) is 0 Å². The summed E-state index contributed by atoms with van der Waals surface area (Å²) in [5.41, 5.74) is 1.59. The zero-order chi connectivity index (χ0) is 23.9. The van der Waals surface area contributed by atoms with E-state index in [2.05, 4.69) is 5.10 Å². The minimum Gasteiger partial charge on any atom is -0.349 e. The molecule has 0 bridgehead atoms. The molecule has 2 aromatic heterocycles. The molecule has 1 N–H and O–H groups in total. The van der Waals surface area contributed by atoms with E-state index in [1.54, 1.807) is 34.9 Å². The van der Waals surface area contributed by atoms with Crippen LogP contribution in [-0.2, 0) is 4.79 Å². The average molecular weight is 470 g/mol. The van der Waals surface area contributed by atoms with Crippen LogP contribution >= 0.6 is 0 Å². The van der Waals surface area contributed by atoms with Crippen LogP contribution in [0.15, 0.2) is 42.7 Å². The molecule has 178 valence electrons. The third-order valence-electron chi connectivity index (χ3n) is 6.67. The molecule has 5 rings (SSSR count). The van der Waals surface area contributed by atoms with Gasteiger partial charge in [0.15, 0.2) is 5.65 Å². The van der Waals surface area contributed by atoms with Crippen LogP contribution in [-0.4, -0.2) is 75.0 Å². The number of rotatable bonds is 4. The molecule has 0 spiro atoms. The number of fused-ring (bicyclic) bond motifs is 1. The highest BCUT2D eigenvalue weighted by Crippen LogP contribution is 2.36. The van der Waals surface area contributed by atoms with Gasteiger partial charge in [-0.15, -0.1) is 0 Å². The Bertz CT molecular complexity index is 1250. The van der Waals surface area contributed by atoms with Crippen molar-refractivity contribution in [3.05, 3.63) is 65.5 Å². The van der Waals surface area contributed by atoms with Gasteiger partial charge in [-0.25, -0.2) is 23.5 Å². The Kier molecular flexibility index (Phi) is 5.78. The molecular formula is C24H27F2N6O2+. The number of hydrogen-bond acceptors (Lipinski definition) is 5. The van der Waals surface area contributed by atoms with Crippen molar-refractivity contribution in [2.75, 3.05) is 44.7 Å². The molecule has 2 fully saturated rings. The second-order valence-corrected chi connectivity index (χ2v) is 9.12. The number of piperazine rings is 1. The highest BCUT2D eigenvalue weighted by atomic mass is 19.1. The molecule has 3 aromatic rings. The summed E-state index contributed by atoms with van der Waals surface area (Å²) in [4.78, 5) is 21.1. The van der Waals surface area contributed by atoms with E-state index in [9.17, 15) is 18.8 Å². The van der Waals surface area contributed by atoms with Gasteiger partial charge in [-0.1, -0.05) is 0 Å². The Morgan fingerprint density at radius 2 is 2.00 bits per heavy atom. The first-order valence-electron chi connectivity index (χ1n) is 11.4. The molecular weight excluding hydrogens is 442 g/mol. The summed E-state index contributed by atoms with van der Waals surface area (Å²) in [7, 11) is 1.73. The Hall–Kier alpha value is -3.37. The molecule has 0 radical (unpaired) electrons. The normalized spacial score (nSPS) is 20.5. The predicted octanol–water partition coefficient (Wildman–Crippen LogP) is 3.04. The maximum atomic E-state index is 14.5. The fraction of sp³-hybridized carbons (Fsp3) is 0.375. The third-order valence-corrected chi connectivity index (χ3v) is 6.67. The second-order valence-electron chi connectivity index (χ2n) is 9.12. The van der Waals surface area contributed by atoms with Gasteiger partial charge in [0, 0.05) is 29.9 Å². The van der Waals surface area contributed by atoms with E-state index in [0.29, 0.717) is 61.7 Å². The predicted molar refractivity (Wildman–Crippen MR) is 122 cm³/mol. The lowest BCUT2D eigenvalue weighted by Gasteiger charge is -2.35. The number of quaternary nitrogens is 1. The van der Waals surface area contributed by atoms with Crippen LogP contribution < -0.4 is 4.90 Å². The van der Waals surface area contributed by atoms with Gasteiger partial charge in [-0.2, -0.15) is 9.75 Å². The van der Waals surface area contributed by atoms with E-state index in [4.69, 9.17) is 4.98 Å². The van der Waals surface area contributed by atoms with Gasteiger partial charge in [-0.05, 0) is 43.2 Å². The lowest BCUT2D eigenvalue weighted by atomic mass is 10.0. The maximum Gasteiger partial charge on any atom is 0.246 e. The highest BCUT2D eigenvalue weighted by molar-refractivity contribution is 5.92. The van der Waals surface area contributed by atoms with Crippen molar-refractivity contribution in [3.8, 4) is 0 Å². The Morgan fingerprint density at radius 3 is 2.79 bits per heavy atom. The molecule has 2 aliphatic rings. The van der Waals surface area contributed by atoms with Crippen molar-refractivity contribution < 1.29 is 23.4 Å². The third kappa shape index (κ3) is 4.38. The van der Waals surface area contributed by atoms with Gasteiger partial charge in [0.25, 0.3) is 0 Å². The molecule has 0 saturated carbocycles. The smallest absolute Gasteiger partial charge is 0.246 e. The molecule has 0 aliphatic carbocycles. The molecule has 2 aliphatic heterocycles. The largest absolute Gasteiger partial charge is 0.349 e. The molecule has 4 heterocycles. The number of hydrogen-bond donors (Lipinski definition) is 1. The monoisotopic (exact) mass is 469 g/mol. The van der Waals surface area contributed by atoms with Crippen molar-refractivity contribution in [3.63, 3.8) is 0 Å². The summed E-state index contributed by atoms with van der Waals surface area (Å²) in [6.45, 7) is 2.63. The Balaban J connectivity index is 1.38. The summed E-state index contributed by atoms with van der Waals surface area (Å²) in [6, 6.07) is 5.06. The summed E-state index contributed by atoms with van der Waals surface area (Å²) < 4.78 is 29.8. The van der Waals surface area contributed by atoms with Crippen LogP contribution in [0, 0.1) is 11.6 Å². The number of benzene rings is 1. The molecule has 10 heteroatoms. The topological polar surface area (TPSA) is 74.0 Å². The number of carbonyl (C=O) groups is 1. The fourth-order valence-corrected chi connectivity index (χ4v) is 4.67. The highest BCUT2D eigenvalue weighted by Gasteiger charge is 2.30. The number of anilines is 1. The van der Waals surface area contributed by atoms with Crippen LogP contribution in [0.25, 0.3) is 11.7 Å². The van der Waals surface area contributed by atoms with Gasteiger partial charge in [-0.3, -0.25) is 4.79 Å². The standard InChI is InChI=1S/C24H27F2N6O2/c1-32(34)13-11-29(12-14-32)23(33)7-4-17-16-27-31-10-8-22(28-24(17)31)30-9-2-3-21(30)19-15-18(25)5-6-20(19)26/h4-8,10,15-16,21,34H,2-3,9,11-14H2,1H3/q+1/b7-4+/t21-/m1/s1. The minimum absolute atomic E-state index is 0.0781. The number of hydroxylamine groups is 3. The summed E-state index contributed by atoms with van der Waals surface area (Å²) >= 11 is 0. The molecule has 2 saturated heterocycles. The van der Waals surface area contributed by atoms with Crippen molar-refractivity contribution in [2.24, 2.45) is 0 Å². The summed E-state index contributed by atoms with van der Waals surface area (Å²) in [5.74, 6) is -0.368. The lowest BCUT2D eigenvalue weighted by molar-refractivity contribution is -1.09. The number of aromatic nitrogens is 3. The number of amides is 1. The minimum atomic E-state index is -0.462. The average Bonchev–Trinajstić information content (AvgIpc) is 3.46. The van der Waals surface area contributed by atoms with Crippen LogP contribution in [0.4, 0.5) is 14.6 Å². The molecule has 1 amide bonds. The van der Waals surface area contributed by atoms with E-state index in [1.807, 2.05) is 11.0 Å². The Labute approximate surface area is 195 Å². The number of nitrogens with zero attached hydrogens (tertiary/aromatic N) is 6. The van der Waals surface area contributed by atoms with Gasteiger partial charge in [0.2, 0.25) is 5.91 Å². The fourth-order valence-electron chi connectivity index (χ4n) is 4.67. The molecule has 0 unspecified atom stereocenters. The van der Waals surface area contributed by atoms with Gasteiger partial charge in [0.05, 0.1) is 32.4 Å². The molecule has 1 atom stereocenters. The first kappa shape index (κ1) is 22.4. The van der Waals surface area contributed by atoms with Gasteiger partial charge >= 0.3 is 0 Å². The maximum absolute atomic E-state index is 14.5. The van der Waals surface area contributed by atoms with Gasteiger partial charge < -0.3 is 9.80 Å². The zero-order valence-corrected chi connectivity index (χ0v) is 18.9. The van der Waals surface area contributed by atoms with Crippen molar-refractivity contribution in [1.82, 2.24) is 19.5 Å².